The summed E-state index contributed by atoms with van der Waals surface area (Å²) in [6.07, 6.45) is 6.71. The van der Waals surface area contributed by atoms with Gasteiger partial charge in [-0.2, -0.15) is 0 Å². The van der Waals surface area contributed by atoms with E-state index in [4.69, 9.17) is 11.6 Å². The molecular weight excluding hydrogens is 538 g/mol. The first-order valence-corrected chi connectivity index (χ1v) is 13.2. The Bertz CT molecular complexity index is 1730. The molecule has 5 aromatic rings. The molecule has 0 unspecified atom stereocenters. The lowest BCUT2D eigenvalue weighted by atomic mass is 10.1. The molecule has 0 aliphatic rings. The third-order valence-electron chi connectivity index (χ3n) is 6.12. The summed E-state index contributed by atoms with van der Waals surface area (Å²) in [5, 5.41) is 10.3. The minimum absolute atomic E-state index is 0.216. The minimum Gasteiger partial charge on any atom is -0.360 e. The van der Waals surface area contributed by atoms with Crippen molar-refractivity contribution in [2.45, 2.75) is 0 Å². The van der Waals surface area contributed by atoms with Gasteiger partial charge >= 0.3 is 0 Å². The normalized spacial score (nSPS) is 11.2. The first kappa shape index (κ1) is 27.6. The standard InChI is InChI=1S/C31H28ClN7O2/c1-39(2)16-6-11-28(40)35-21-12-14-22(15-13-21)36-30(41)20-7-5-8-23(17-20)37-31-34-19-26(32)29(38-31)25-18-33-27-10-4-3-9-24(25)27/h3-15,17-19,33H,16H2,1-2H3,(H,35,40)(H,36,41)(H,34,37,38)/b11-6-. The molecule has 3 aromatic carbocycles. The Balaban J connectivity index is 1.24. The van der Waals surface area contributed by atoms with E-state index in [1.807, 2.05) is 55.5 Å². The van der Waals surface area contributed by atoms with Crippen LogP contribution in [0, 0.1) is 0 Å². The first-order chi connectivity index (χ1) is 19.9. The molecule has 0 spiro atoms. The molecule has 4 N–H and O–H groups in total. The van der Waals surface area contributed by atoms with Crippen LogP contribution in [0.25, 0.3) is 22.2 Å². The van der Waals surface area contributed by atoms with Crippen molar-refractivity contribution >= 4 is 57.3 Å². The van der Waals surface area contributed by atoms with Gasteiger partial charge in [0.25, 0.3) is 5.91 Å². The fourth-order valence-electron chi connectivity index (χ4n) is 4.15. The molecule has 2 heterocycles. The summed E-state index contributed by atoms with van der Waals surface area (Å²) in [6.45, 7) is 0.674. The van der Waals surface area contributed by atoms with Crippen LogP contribution in [0.2, 0.25) is 5.02 Å². The van der Waals surface area contributed by atoms with Crippen LogP contribution in [0.5, 0.6) is 0 Å². The van der Waals surface area contributed by atoms with Gasteiger partial charge in [0.15, 0.2) is 0 Å². The number of H-pyrrole nitrogens is 1. The lowest BCUT2D eigenvalue weighted by Crippen LogP contribution is -2.13. The van der Waals surface area contributed by atoms with E-state index in [1.165, 1.54) is 6.08 Å². The molecule has 206 valence electrons. The number of anilines is 4. The van der Waals surface area contributed by atoms with Gasteiger partial charge in [-0.25, -0.2) is 9.97 Å². The van der Waals surface area contributed by atoms with Crippen molar-refractivity contribution in [2.75, 3.05) is 36.6 Å². The van der Waals surface area contributed by atoms with Gasteiger partial charge in [-0.3, -0.25) is 9.59 Å². The number of carbonyl (C=O) groups excluding carboxylic acids is 2. The number of hydrogen-bond donors (Lipinski definition) is 4. The maximum atomic E-state index is 13.0. The van der Waals surface area contributed by atoms with Gasteiger partial charge in [0, 0.05) is 57.9 Å². The van der Waals surface area contributed by atoms with Gasteiger partial charge in [0.2, 0.25) is 11.9 Å². The Kier molecular flexibility index (Phi) is 8.38. The molecule has 0 aliphatic carbocycles. The van der Waals surface area contributed by atoms with E-state index in [-0.39, 0.29) is 11.8 Å². The van der Waals surface area contributed by atoms with Gasteiger partial charge in [0.05, 0.1) is 16.9 Å². The number of fused-ring (bicyclic) bond motifs is 1. The molecule has 0 bridgehead atoms. The Hall–Kier alpha value is -4.99. The van der Waals surface area contributed by atoms with Crippen LogP contribution in [-0.2, 0) is 4.79 Å². The van der Waals surface area contributed by atoms with E-state index in [9.17, 15) is 9.59 Å². The van der Waals surface area contributed by atoms with Crippen LogP contribution < -0.4 is 16.0 Å². The zero-order valence-corrected chi connectivity index (χ0v) is 23.2. The van der Waals surface area contributed by atoms with Crippen molar-refractivity contribution in [1.82, 2.24) is 19.9 Å². The monoisotopic (exact) mass is 565 g/mol. The Morgan fingerprint density at radius 2 is 1.71 bits per heavy atom. The largest absolute Gasteiger partial charge is 0.360 e. The van der Waals surface area contributed by atoms with E-state index < -0.39 is 0 Å². The fraction of sp³-hybridized carbons (Fsp3) is 0.0968. The number of rotatable bonds is 9. The fourth-order valence-corrected chi connectivity index (χ4v) is 4.34. The highest BCUT2D eigenvalue weighted by Gasteiger charge is 2.14. The van der Waals surface area contributed by atoms with Crippen LogP contribution in [0.1, 0.15) is 10.4 Å². The first-order valence-electron chi connectivity index (χ1n) is 12.9. The number of halogens is 1. The van der Waals surface area contributed by atoms with Crippen molar-refractivity contribution in [1.29, 1.82) is 0 Å². The van der Waals surface area contributed by atoms with Gasteiger partial charge in [-0.15, -0.1) is 0 Å². The van der Waals surface area contributed by atoms with Crippen LogP contribution in [-0.4, -0.2) is 52.3 Å². The molecule has 9 nitrogen and oxygen atoms in total. The van der Waals surface area contributed by atoms with Crippen molar-refractivity contribution in [3.05, 3.63) is 108 Å². The topological polar surface area (TPSA) is 115 Å². The molecule has 5 rings (SSSR count). The average Bonchev–Trinajstić information content (AvgIpc) is 3.39. The van der Waals surface area contributed by atoms with Gasteiger partial charge in [-0.1, -0.05) is 41.9 Å². The molecule has 2 amide bonds. The summed E-state index contributed by atoms with van der Waals surface area (Å²) in [7, 11) is 3.86. The highest BCUT2D eigenvalue weighted by Crippen LogP contribution is 2.32. The number of hydrogen-bond acceptors (Lipinski definition) is 6. The lowest BCUT2D eigenvalue weighted by Gasteiger charge is -2.10. The SMILES string of the molecule is CN(C)C/C=C\C(=O)Nc1ccc(NC(=O)c2cccc(Nc3ncc(Cl)c(-c4c[nH]c5ccccc45)n3)c2)cc1. The summed E-state index contributed by atoms with van der Waals surface area (Å²) in [6, 6.07) is 21.9. The number of amides is 2. The molecule has 2 aromatic heterocycles. The number of likely N-dealkylation sites (N-methyl/N-ethyl adjacent to an activating group) is 1. The second-order valence-corrected chi connectivity index (χ2v) is 9.94. The van der Waals surface area contributed by atoms with Crippen molar-refractivity contribution in [3.63, 3.8) is 0 Å². The molecule has 0 fully saturated rings. The molecule has 0 saturated carbocycles. The number of aromatic nitrogens is 3. The van der Waals surface area contributed by atoms with Crippen molar-refractivity contribution in [3.8, 4) is 11.3 Å². The maximum Gasteiger partial charge on any atom is 0.255 e. The number of nitrogens with one attached hydrogen (secondary N) is 4. The van der Waals surface area contributed by atoms with E-state index >= 15 is 0 Å². The van der Waals surface area contributed by atoms with E-state index in [2.05, 4.69) is 30.9 Å². The highest BCUT2D eigenvalue weighted by molar-refractivity contribution is 6.33. The smallest absolute Gasteiger partial charge is 0.255 e. The second kappa shape index (κ2) is 12.5. The molecule has 0 atom stereocenters. The predicted octanol–water partition coefficient (Wildman–Crippen LogP) is 6.33. The van der Waals surface area contributed by atoms with Gasteiger partial charge in [0.1, 0.15) is 0 Å². The van der Waals surface area contributed by atoms with Gasteiger partial charge in [-0.05, 0) is 62.6 Å². The van der Waals surface area contributed by atoms with E-state index in [0.29, 0.717) is 45.8 Å². The summed E-state index contributed by atoms with van der Waals surface area (Å²) >= 11 is 6.45. The lowest BCUT2D eigenvalue weighted by molar-refractivity contribution is -0.111. The zero-order chi connectivity index (χ0) is 28.8. The average molecular weight is 566 g/mol. The third-order valence-corrected chi connectivity index (χ3v) is 6.40. The molecule has 0 radical (unpaired) electrons. The zero-order valence-electron chi connectivity index (χ0n) is 22.5. The van der Waals surface area contributed by atoms with Crippen LogP contribution in [0.4, 0.5) is 23.0 Å². The maximum absolute atomic E-state index is 13.0. The van der Waals surface area contributed by atoms with Crippen molar-refractivity contribution < 1.29 is 9.59 Å². The Labute approximate surface area is 242 Å². The third kappa shape index (κ3) is 6.96. The second-order valence-electron chi connectivity index (χ2n) is 9.53. The summed E-state index contributed by atoms with van der Waals surface area (Å²) < 4.78 is 0. The Morgan fingerprint density at radius 1 is 0.951 bits per heavy atom. The number of para-hydroxylation sites is 1. The molecule has 0 saturated heterocycles. The predicted molar refractivity (Wildman–Crippen MR) is 165 cm³/mol. The molecule has 41 heavy (non-hydrogen) atoms. The highest BCUT2D eigenvalue weighted by atomic mass is 35.5. The van der Waals surface area contributed by atoms with Crippen LogP contribution in [0.3, 0.4) is 0 Å². The number of aromatic amines is 1. The van der Waals surface area contributed by atoms with Crippen LogP contribution in [0.15, 0.2) is 97.3 Å². The summed E-state index contributed by atoms with van der Waals surface area (Å²) in [5.74, 6) is -0.152. The number of carbonyl (C=O) groups is 2. The quantitative estimate of drug-likeness (QED) is 0.155. The van der Waals surface area contributed by atoms with Gasteiger partial charge < -0.3 is 25.8 Å². The molecule has 10 heteroatoms. The number of nitrogens with zero attached hydrogens (tertiary/aromatic N) is 3. The van der Waals surface area contributed by atoms with E-state index in [0.717, 1.165) is 16.5 Å². The number of benzene rings is 3. The van der Waals surface area contributed by atoms with Crippen LogP contribution >= 0.6 is 11.6 Å². The molecular formula is C31H28ClN7O2. The summed E-state index contributed by atoms with van der Waals surface area (Å²) in [4.78, 5) is 39.2. The Morgan fingerprint density at radius 3 is 2.49 bits per heavy atom. The van der Waals surface area contributed by atoms with E-state index in [1.54, 1.807) is 54.7 Å². The summed E-state index contributed by atoms with van der Waals surface area (Å²) in [5.41, 5.74) is 4.77. The van der Waals surface area contributed by atoms with Crippen molar-refractivity contribution in [2.24, 2.45) is 0 Å². The minimum atomic E-state index is -0.284. The molecule has 0 aliphatic heterocycles.